The van der Waals surface area contributed by atoms with E-state index in [1.807, 2.05) is 26.0 Å². The van der Waals surface area contributed by atoms with Gasteiger partial charge in [0, 0.05) is 16.6 Å². The van der Waals surface area contributed by atoms with Crippen LogP contribution < -0.4 is 4.74 Å². The van der Waals surface area contributed by atoms with Gasteiger partial charge in [0.1, 0.15) is 5.75 Å². The number of rotatable bonds is 3. The van der Waals surface area contributed by atoms with Crippen molar-refractivity contribution >= 4 is 16.9 Å². The summed E-state index contributed by atoms with van der Waals surface area (Å²) < 4.78 is 5.21. The molecular formula is C13H15NO3. The normalized spacial score (nSPS) is 10.8. The van der Waals surface area contributed by atoms with Crippen LogP contribution in [0.2, 0.25) is 0 Å². The van der Waals surface area contributed by atoms with Crippen LogP contribution in [0.4, 0.5) is 0 Å². The van der Waals surface area contributed by atoms with Crippen LogP contribution in [-0.4, -0.2) is 23.2 Å². The molecule has 90 valence electrons. The molecule has 0 atom stereocenters. The summed E-state index contributed by atoms with van der Waals surface area (Å²) in [7, 11) is 1.61. The van der Waals surface area contributed by atoms with E-state index < -0.39 is 5.97 Å². The van der Waals surface area contributed by atoms with Crippen molar-refractivity contribution in [1.82, 2.24) is 4.98 Å². The summed E-state index contributed by atoms with van der Waals surface area (Å²) in [6.07, 6.45) is 0.0262. The molecule has 1 aromatic heterocycles. The van der Waals surface area contributed by atoms with Crippen molar-refractivity contribution in [2.24, 2.45) is 0 Å². The summed E-state index contributed by atoms with van der Waals surface area (Å²) in [5.41, 5.74) is 3.77. The molecule has 0 aliphatic carbocycles. The zero-order chi connectivity index (χ0) is 12.6. The van der Waals surface area contributed by atoms with Crippen LogP contribution in [0.25, 0.3) is 10.9 Å². The van der Waals surface area contributed by atoms with E-state index >= 15 is 0 Å². The topological polar surface area (TPSA) is 62.3 Å². The molecule has 0 fully saturated rings. The molecule has 2 rings (SSSR count). The number of hydrogen-bond acceptors (Lipinski definition) is 2. The Bertz CT molecular complexity index is 584. The fourth-order valence-electron chi connectivity index (χ4n) is 2.12. The first kappa shape index (κ1) is 11.5. The van der Waals surface area contributed by atoms with Crippen LogP contribution in [0.1, 0.15) is 16.8 Å². The third kappa shape index (κ3) is 1.98. The first-order chi connectivity index (χ1) is 8.02. The van der Waals surface area contributed by atoms with Gasteiger partial charge in [-0.25, -0.2) is 0 Å². The molecule has 2 aromatic rings. The second-order valence-corrected chi connectivity index (χ2v) is 4.17. The molecular weight excluding hydrogens is 218 g/mol. The number of aryl methyl sites for hydroxylation is 2. The van der Waals surface area contributed by atoms with Crippen molar-refractivity contribution in [2.75, 3.05) is 7.11 Å². The smallest absolute Gasteiger partial charge is 0.307 e. The monoisotopic (exact) mass is 233 g/mol. The Kier molecular flexibility index (Phi) is 2.79. The third-order valence-corrected chi connectivity index (χ3v) is 2.96. The van der Waals surface area contributed by atoms with Gasteiger partial charge in [-0.15, -0.1) is 0 Å². The average molecular weight is 233 g/mol. The van der Waals surface area contributed by atoms with Crippen LogP contribution in [0.5, 0.6) is 5.75 Å². The lowest BCUT2D eigenvalue weighted by Crippen LogP contribution is -2.00. The number of ether oxygens (including phenoxy) is 1. The van der Waals surface area contributed by atoms with E-state index in [1.54, 1.807) is 7.11 Å². The first-order valence-electron chi connectivity index (χ1n) is 5.40. The molecule has 0 saturated carbocycles. The quantitative estimate of drug-likeness (QED) is 0.855. The second-order valence-electron chi connectivity index (χ2n) is 4.17. The van der Waals surface area contributed by atoms with Crippen molar-refractivity contribution in [3.63, 3.8) is 0 Å². The van der Waals surface area contributed by atoms with Gasteiger partial charge in [0.15, 0.2) is 0 Å². The highest BCUT2D eigenvalue weighted by Crippen LogP contribution is 2.29. The lowest BCUT2D eigenvalue weighted by atomic mass is 10.1. The number of carbonyl (C=O) groups is 1. The van der Waals surface area contributed by atoms with Crippen molar-refractivity contribution < 1.29 is 14.6 Å². The van der Waals surface area contributed by atoms with Crippen molar-refractivity contribution in [3.05, 3.63) is 29.0 Å². The maximum Gasteiger partial charge on any atom is 0.307 e. The van der Waals surface area contributed by atoms with Gasteiger partial charge < -0.3 is 14.8 Å². The highest BCUT2D eigenvalue weighted by molar-refractivity contribution is 5.91. The number of carboxylic acid groups (broad SMARTS) is 1. The van der Waals surface area contributed by atoms with Gasteiger partial charge in [-0.05, 0) is 37.1 Å². The summed E-state index contributed by atoms with van der Waals surface area (Å²) in [6.45, 7) is 3.87. The third-order valence-electron chi connectivity index (χ3n) is 2.96. The standard InChI is InChI=1S/C13H15NO3/c1-7-4-9(17-3)5-11-10(6-12(15)16)8(2)14-13(7)11/h4-5,14H,6H2,1-3H3,(H,15,16). The van der Waals surface area contributed by atoms with Gasteiger partial charge in [-0.2, -0.15) is 0 Å². The molecule has 4 heteroatoms. The van der Waals surface area contributed by atoms with Crippen LogP contribution in [0.15, 0.2) is 12.1 Å². The van der Waals surface area contributed by atoms with E-state index in [2.05, 4.69) is 4.98 Å². The average Bonchev–Trinajstić information content (AvgIpc) is 2.56. The summed E-state index contributed by atoms with van der Waals surface area (Å²) in [6, 6.07) is 3.81. The SMILES string of the molecule is COc1cc(C)c2[nH]c(C)c(CC(=O)O)c2c1. The maximum atomic E-state index is 10.9. The summed E-state index contributed by atoms with van der Waals surface area (Å²) in [4.78, 5) is 14.1. The summed E-state index contributed by atoms with van der Waals surface area (Å²) in [5, 5.41) is 9.85. The van der Waals surface area contributed by atoms with E-state index in [0.717, 1.165) is 33.5 Å². The van der Waals surface area contributed by atoms with Crippen LogP contribution >= 0.6 is 0 Å². The number of hydrogen-bond donors (Lipinski definition) is 2. The predicted octanol–water partition coefficient (Wildman–Crippen LogP) is 2.42. The summed E-state index contributed by atoms with van der Waals surface area (Å²) in [5.74, 6) is -0.0740. The number of methoxy groups -OCH3 is 1. The number of aromatic nitrogens is 1. The molecule has 0 aliphatic rings. The minimum absolute atomic E-state index is 0.0262. The number of nitrogens with one attached hydrogen (secondary N) is 1. The molecule has 1 heterocycles. The van der Waals surface area contributed by atoms with E-state index in [1.165, 1.54) is 0 Å². The Hall–Kier alpha value is -1.97. The number of aliphatic carboxylic acids is 1. The Morgan fingerprint density at radius 3 is 2.71 bits per heavy atom. The number of aromatic amines is 1. The van der Waals surface area contributed by atoms with Crippen molar-refractivity contribution in [3.8, 4) is 5.75 Å². The molecule has 0 radical (unpaired) electrons. The number of H-pyrrole nitrogens is 1. The fourth-order valence-corrected chi connectivity index (χ4v) is 2.12. The molecule has 2 N–H and O–H groups in total. The first-order valence-corrected chi connectivity index (χ1v) is 5.40. The zero-order valence-electron chi connectivity index (χ0n) is 10.1. The Morgan fingerprint density at radius 2 is 2.12 bits per heavy atom. The lowest BCUT2D eigenvalue weighted by molar-refractivity contribution is -0.136. The molecule has 0 aliphatic heterocycles. The summed E-state index contributed by atoms with van der Waals surface area (Å²) >= 11 is 0. The van der Waals surface area contributed by atoms with Crippen LogP contribution in [-0.2, 0) is 11.2 Å². The minimum Gasteiger partial charge on any atom is -0.497 e. The van der Waals surface area contributed by atoms with Gasteiger partial charge in [-0.1, -0.05) is 0 Å². The van der Waals surface area contributed by atoms with Gasteiger partial charge in [0.05, 0.1) is 13.5 Å². The fraction of sp³-hybridized carbons (Fsp3) is 0.308. The molecule has 0 spiro atoms. The molecule has 17 heavy (non-hydrogen) atoms. The number of carboxylic acids is 1. The van der Waals surface area contributed by atoms with E-state index in [-0.39, 0.29) is 6.42 Å². The highest BCUT2D eigenvalue weighted by atomic mass is 16.5. The van der Waals surface area contributed by atoms with Gasteiger partial charge in [-0.3, -0.25) is 4.79 Å². The maximum absolute atomic E-state index is 10.9. The largest absolute Gasteiger partial charge is 0.497 e. The molecule has 1 aromatic carbocycles. The minimum atomic E-state index is -0.825. The second kappa shape index (κ2) is 4.13. The van der Waals surface area contributed by atoms with Crippen molar-refractivity contribution in [2.45, 2.75) is 20.3 Å². The van der Waals surface area contributed by atoms with Crippen LogP contribution in [0, 0.1) is 13.8 Å². The molecule has 0 amide bonds. The van der Waals surface area contributed by atoms with Gasteiger partial charge in [0.25, 0.3) is 0 Å². The highest BCUT2D eigenvalue weighted by Gasteiger charge is 2.14. The Balaban J connectivity index is 2.70. The Labute approximate surface area is 99.2 Å². The molecule has 0 bridgehead atoms. The van der Waals surface area contributed by atoms with E-state index in [4.69, 9.17) is 9.84 Å². The predicted molar refractivity (Wildman–Crippen MR) is 65.7 cm³/mol. The van der Waals surface area contributed by atoms with Crippen LogP contribution in [0.3, 0.4) is 0 Å². The number of fused-ring (bicyclic) bond motifs is 1. The zero-order valence-corrected chi connectivity index (χ0v) is 10.1. The number of benzene rings is 1. The van der Waals surface area contributed by atoms with Gasteiger partial charge in [0.2, 0.25) is 0 Å². The Morgan fingerprint density at radius 1 is 1.41 bits per heavy atom. The molecule has 4 nitrogen and oxygen atoms in total. The van der Waals surface area contributed by atoms with Crippen molar-refractivity contribution in [1.29, 1.82) is 0 Å². The molecule has 0 unspecified atom stereocenters. The molecule has 0 saturated heterocycles. The van der Waals surface area contributed by atoms with E-state index in [0.29, 0.717) is 0 Å². The van der Waals surface area contributed by atoms with E-state index in [9.17, 15) is 4.79 Å². The van der Waals surface area contributed by atoms with Gasteiger partial charge >= 0.3 is 5.97 Å². The lowest BCUT2D eigenvalue weighted by Gasteiger charge is -2.03.